The lowest BCUT2D eigenvalue weighted by atomic mass is 9.90. The zero-order chi connectivity index (χ0) is 18.4. The Morgan fingerprint density at radius 1 is 1.08 bits per heavy atom. The zero-order valence-electron chi connectivity index (χ0n) is 14.4. The molecule has 0 bridgehead atoms. The first kappa shape index (κ1) is 18.6. The molecule has 0 saturated heterocycles. The third-order valence-electron chi connectivity index (χ3n) is 3.54. The lowest BCUT2D eigenvalue weighted by molar-refractivity contribution is -0.168. The van der Waals surface area contributed by atoms with Gasteiger partial charge in [-0.05, 0) is 31.5 Å². The van der Waals surface area contributed by atoms with Crippen molar-refractivity contribution in [3.63, 3.8) is 0 Å². The summed E-state index contributed by atoms with van der Waals surface area (Å²) in [4.78, 5) is 36.8. The SMILES string of the molecule is CCOC(=O)C(Cc1ccc2c(c1)OCO2)(NC(C)=O)C(=O)OCC. The van der Waals surface area contributed by atoms with E-state index in [9.17, 15) is 14.4 Å². The third-order valence-corrected chi connectivity index (χ3v) is 3.54. The molecule has 0 aliphatic carbocycles. The molecule has 2 rings (SSSR count). The molecule has 0 radical (unpaired) electrons. The summed E-state index contributed by atoms with van der Waals surface area (Å²) in [5.74, 6) is -1.23. The highest BCUT2D eigenvalue weighted by Gasteiger charge is 2.50. The quantitative estimate of drug-likeness (QED) is 0.577. The van der Waals surface area contributed by atoms with E-state index in [-0.39, 0.29) is 26.4 Å². The lowest BCUT2D eigenvalue weighted by Crippen LogP contribution is -2.62. The maximum Gasteiger partial charge on any atom is 0.344 e. The maximum atomic E-state index is 12.6. The van der Waals surface area contributed by atoms with Gasteiger partial charge in [0.2, 0.25) is 18.2 Å². The van der Waals surface area contributed by atoms with Crippen LogP contribution in [0, 0.1) is 0 Å². The second kappa shape index (κ2) is 7.87. The van der Waals surface area contributed by atoms with Gasteiger partial charge in [-0.1, -0.05) is 6.07 Å². The van der Waals surface area contributed by atoms with Gasteiger partial charge in [-0.15, -0.1) is 0 Å². The molecule has 1 N–H and O–H groups in total. The van der Waals surface area contributed by atoms with Gasteiger partial charge in [-0.3, -0.25) is 4.79 Å². The van der Waals surface area contributed by atoms with Gasteiger partial charge in [0.25, 0.3) is 0 Å². The largest absolute Gasteiger partial charge is 0.464 e. The first-order chi connectivity index (χ1) is 11.9. The molecule has 1 aliphatic rings. The van der Waals surface area contributed by atoms with Gasteiger partial charge in [0.15, 0.2) is 11.5 Å². The highest BCUT2D eigenvalue weighted by Crippen LogP contribution is 2.33. The van der Waals surface area contributed by atoms with Crippen molar-refractivity contribution in [2.75, 3.05) is 20.0 Å². The van der Waals surface area contributed by atoms with Gasteiger partial charge in [0, 0.05) is 13.3 Å². The van der Waals surface area contributed by atoms with E-state index < -0.39 is 23.4 Å². The Balaban J connectivity index is 2.42. The van der Waals surface area contributed by atoms with Crippen molar-refractivity contribution in [3.8, 4) is 11.5 Å². The molecular weight excluding hydrogens is 330 g/mol. The molecule has 0 aromatic heterocycles. The first-order valence-electron chi connectivity index (χ1n) is 7.94. The molecule has 0 atom stereocenters. The van der Waals surface area contributed by atoms with Crippen molar-refractivity contribution in [1.82, 2.24) is 5.32 Å². The standard InChI is InChI=1S/C17H21NO7/c1-4-22-15(20)17(18-11(3)19,16(21)23-5-2)9-12-6-7-13-14(8-12)25-10-24-13/h6-8H,4-5,9-10H2,1-3H3,(H,18,19). The second-order valence-electron chi connectivity index (χ2n) is 5.39. The molecule has 1 aliphatic heterocycles. The average molecular weight is 351 g/mol. The topological polar surface area (TPSA) is 100 Å². The monoisotopic (exact) mass is 351 g/mol. The molecule has 8 heteroatoms. The Labute approximate surface area is 145 Å². The zero-order valence-corrected chi connectivity index (χ0v) is 14.4. The van der Waals surface area contributed by atoms with E-state index in [2.05, 4.69) is 5.32 Å². The van der Waals surface area contributed by atoms with Gasteiger partial charge in [0.1, 0.15) is 0 Å². The van der Waals surface area contributed by atoms with E-state index in [0.717, 1.165) is 0 Å². The number of esters is 2. The fourth-order valence-corrected chi connectivity index (χ4v) is 2.54. The molecule has 8 nitrogen and oxygen atoms in total. The van der Waals surface area contributed by atoms with Crippen LogP contribution in [0.25, 0.3) is 0 Å². The van der Waals surface area contributed by atoms with Crippen LogP contribution in [-0.2, 0) is 30.3 Å². The number of hydrogen-bond donors (Lipinski definition) is 1. The summed E-state index contributed by atoms with van der Waals surface area (Å²) in [6, 6.07) is 5.01. The van der Waals surface area contributed by atoms with E-state index in [1.807, 2.05) is 0 Å². The summed E-state index contributed by atoms with van der Waals surface area (Å²) in [7, 11) is 0. The fraction of sp³-hybridized carbons (Fsp3) is 0.471. The van der Waals surface area contributed by atoms with Crippen LogP contribution in [0.2, 0.25) is 0 Å². The molecule has 25 heavy (non-hydrogen) atoms. The molecule has 136 valence electrons. The van der Waals surface area contributed by atoms with E-state index >= 15 is 0 Å². The van der Waals surface area contributed by atoms with Gasteiger partial charge in [0.05, 0.1) is 13.2 Å². The van der Waals surface area contributed by atoms with Gasteiger partial charge >= 0.3 is 11.9 Å². The minimum Gasteiger partial charge on any atom is -0.464 e. The summed E-state index contributed by atoms with van der Waals surface area (Å²) < 4.78 is 20.6. The van der Waals surface area contributed by atoms with E-state index in [0.29, 0.717) is 17.1 Å². The lowest BCUT2D eigenvalue weighted by Gasteiger charge is -2.29. The number of rotatable bonds is 7. The van der Waals surface area contributed by atoms with Crippen LogP contribution in [0.5, 0.6) is 11.5 Å². The van der Waals surface area contributed by atoms with Crippen LogP contribution in [-0.4, -0.2) is 43.4 Å². The predicted octanol–water partition coefficient (Wildman–Crippen LogP) is 0.959. The number of fused-ring (bicyclic) bond motifs is 1. The van der Waals surface area contributed by atoms with Crippen molar-refractivity contribution in [3.05, 3.63) is 23.8 Å². The number of benzene rings is 1. The van der Waals surface area contributed by atoms with Crippen LogP contribution < -0.4 is 14.8 Å². The maximum absolute atomic E-state index is 12.6. The van der Waals surface area contributed by atoms with Crippen molar-refractivity contribution >= 4 is 17.8 Å². The third kappa shape index (κ3) is 4.01. The van der Waals surface area contributed by atoms with E-state index in [4.69, 9.17) is 18.9 Å². The summed E-state index contributed by atoms with van der Waals surface area (Å²) in [5, 5.41) is 2.42. The van der Waals surface area contributed by atoms with E-state index in [1.54, 1.807) is 32.0 Å². The highest BCUT2D eigenvalue weighted by atomic mass is 16.7. The molecule has 1 heterocycles. The van der Waals surface area contributed by atoms with Crippen molar-refractivity contribution in [2.24, 2.45) is 0 Å². The number of nitrogens with one attached hydrogen (secondary N) is 1. The normalized spacial score (nSPS) is 12.4. The number of carbonyl (C=O) groups is 3. The van der Waals surface area contributed by atoms with Gasteiger partial charge in [-0.25, -0.2) is 9.59 Å². The molecule has 1 amide bonds. The molecule has 1 aromatic rings. The molecular formula is C17H21NO7. The smallest absolute Gasteiger partial charge is 0.344 e. The molecule has 0 fully saturated rings. The summed E-state index contributed by atoms with van der Waals surface area (Å²) in [5.41, 5.74) is -1.38. The first-order valence-corrected chi connectivity index (χ1v) is 7.94. The van der Waals surface area contributed by atoms with Gasteiger partial charge < -0.3 is 24.3 Å². The summed E-state index contributed by atoms with van der Waals surface area (Å²) >= 11 is 0. The van der Waals surface area contributed by atoms with Crippen LogP contribution in [0.1, 0.15) is 26.3 Å². The van der Waals surface area contributed by atoms with Crippen molar-refractivity contribution in [1.29, 1.82) is 0 Å². The van der Waals surface area contributed by atoms with Crippen LogP contribution in [0.4, 0.5) is 0 Å². The summed E-state index contributed by atoms with van der Waals surface area (Å²) in [6.07, 6.45) is -0.138. The second-order valence-corrected chi connectivity index (χ2v) is 5.39. The molecule has 0 spiro atoms. The van der Waals surface area contributed by atoms with Crippen molar-refractivity contribution in [2.45, 2.75) is 32.7 Å². The number of carbonyl (C=O) groups excluding carboxylic acids is 3. The van der Waals surface area contributed by atoms with Crippen LogP contribution >= 0.6 is 0 Å². The number of ether oxygens (including phenoxy) is 4. The number of amides is 1. The Kier molecular flexibility index (Phi) is 5.84. The highest BCUT2D eigenvalue weighted by molar-refractivity contribution is 6.08. The summed E-state index contributed by atoms with van der Waals surface area (Å²) in [6.45, 7) is 4.66. The van der Waals surface area contributed by atoms with Crippen LogP contribution in [0.15, 0.2) is 18.2 Å². The average Bonchev–Trinajstić information content (AvgIpc) is 3.01. The Hall–Kier alpha value is -2.77. The van der Waals surface area contributed by atoms with Gasteiger partial charge in [-0.2, -0.15) is 0 Å². The van der Waals surface area contributed by atoms with Crippen LogP contribution in [0.3, 0.4) is 0 Å². The molecule has 1 aromatic carbocycles. The van der Waals surface area contributed by atoms with Crippen molar-refractivity contribution < 1.29 is 33.3 Å². The minimum absolute atomic E-state index is 0.0563. The Bertz CT molecular complexity index is 653. The van der Waals surface area contributed by atoms with E-state index in [1.165, 1.54) is 6.92 Å². The molecule has 0 saturated carbocycles. The molecule has 0 unspecified atom stereocenters. The Morgan fingerprint density at radius 2 is 1.68 bits per heavy atom. The Morgan fingerprint density at radius 3 is 2.24 bits per heavy atom. The predicted molar refractivity (Wildman–Crippen MR) is 86.1 cm³/mol. The fourth-order valence-electron chi connectivity index (χ4n) is 2.54. The minimum atomic E-state index is -1.97. The number of hydrogen-bond acceptors (Lipinski definition) is 7.